The number of carbonyl (C=O) groups is 2. The lowest BCUT2D eigenvalue weighted by Crippen LogP contribution is -2.08. The van der Waals surface area contributed by atoms with Gasteiger partial charge in [0.15, 0.2) is 0 Å². The van der Waals surface area contributed by atoms with Crippen LogP contribution in [0.15, 0.2) is 72.3 Å². The molecule has 0 unspecified atom stereocenters. The molecule has 0 aliphatic rings. The van der Waals surface area contributed by atoms with Gasteiger partial charge in [-0.25, -0.2) is 9.59 Å². The number of esters is 1. The number of aryl methyl sites for hydroxylation is 1. The molecule has 10 heteroatoms. The third-order valence-electron chi connectivity index (χ3n) is 5.64. The number of hydrogen-bond donors (Lipinski definition) is 3. The summed E-state index contributed by atoms with van der Waals surface area (Å²) in [6.45, 7) is 0.148. The minimum atomic E-state index is -4.17. The van der Waals surface area contributed by atoms with E-state index in [1.165, 1.54) is 30.3 Å². The molecule has 0 aromatic heterocycles. The molecule has 39 heavy (non-hydrogen) atoms. The fraction of sp³-hybridized carbons (Fsp3) is 0.241. The van der Waals surface area contributed by atoms with Gasteiger partial charge in [-0.2, -0.15) is 13.2 Å². The molecular weight excluding hydrogens is 513 g/mol. The van der Waals surface area contributed by atoms with Crippen LogP contribution in [-0.4, -0.2) is 29.8 Å². The van der Waals surface area contributed by atoms with Gasteiger partial charge in [0.2, 0.25) is 0 Å². The molecule has 3 rings (SSSR count). The van der Waals surface area contributed by atoms with Gasteiger partial charge in [0.25, 0.3) is 0 Å². The molecule has 3 aromatic carbocycles. The van der Waals surface area contributed by atoms with Crippen molar-refractivity contribution in [3.8, 4) is 11.5 Å². The maximum Gasteiger partial charge on any atom is 0.389 e. The number of nitrogens with two attached hydrogens (primary N) is 2. The topological polar surface area (TPSA) is 125 Å². The summed E-state index contributed by atoms with van der Waals surface area (Å²) in [6, 6.07) is 17.6. The van der Waals surface area contributed by atoms with Gasteiger partial charge in [-0.3, -0.25) is 0 Å². The van der Waals surface area contributed by atoms with Crippen molar-refractivity contribution in [2.45, 2.75) is 38.3 Å². The molecule has 0 aliphatic carbocycles. The number of benzene rings is 3. The van der Waals surface area contributed by atoms with Gasteiger partial charge in [-0.05, 0) is 97.5 Å². The van der Waals surface area contributed by atoms with E-state index < -0.39 is 24.5 Å². The van der Waals surface area contributed by atoms with Crippen LogP contribution in [0.3, 0.4) is 0 Å². The molecule has 0 aliphatic heterocycles. The lowest BCUT2D eigenvalue weighted by molar-refractivity contribution is -0.136. The van der Waals surface area contributed by atoms with Crippen molar-refractivity contribution in [3.63, 3.8) is 0 Å². The second kappa shape index (κ2) is 13.4. The molecule has 0 fully saturated rings. The summed E-state index contributed by atoms with van der Waals surface area (Å²) in [5, 5.41) is 9.61. The number of hydrogen-bond acceptors (Lipinski definition) is 6. The highest BCUT2D eigenvalue weighted by Gasteiger charge is 2.25. The number of carboxylic acid groups (broad SMARTS) is 1. The molecule has 0 amide bonds. The zero-order valence-corrected chi connectivity index (χ0v) is 21.0. The maximum absolute atomic E-state index is 12.5. The average Bonchev–Trinajstić information content (AvgIpc) is 2.86. The van der Waals surface area contributed by atoms with Crippen LogP contribution in [0.25, 0.3) is 6.08 Å². The minimum Gasteiger partial charge on any atom is -0.494 e. The Hall–Kier alpha value is -4.47. The van der Waals surface area contributed by atoms with Crippen LogP contribution in [0.2, 0.25) is 0 Å². The van der Waals surface area contributed by atoms with Crippen molar-refractivity contribution in [1.29, 1.82) is 0 Å². The molecule has 7 nitrogen and oxygen atoms in total. The molecule has 0 radical (unpaired) electrons. The standard InChI is InChI=1S/C29H29F3N2O5/c30-29(31,32)13-1-2-14-38-25-9-11-26(12-10-25)39-28(37)21-6-3-19(4-7-21)15-22(27(35)36)8-5-20-16-23(33)18-24(34)17-20/h3-4,6-7,9-12,15-18H,1-2,5,8,13-14,33-34H2,(H,35,36)/b22-15+. The van der Waals surface area contributed by atoms with E-state index in [4.69, 9.17) is 20.9 Å². The predicted octanol–water partition coefficient (Wildman–Crippen LogP) is 6.28. The third kappa shape index (κ3) is 10.1. The highest BCUT2D eigenvalue weighted by Crippen LogP contribution is 2.23. The lowest BCUT2D eigenvalue weighted by atomic mass is 10.0. The number of nitrogen functional groups attached to an aromatic ring is 2. The molecule has 0 saturated heterocycles. The smallest absolute Gasteiger partial charge is 0.389 e. The van der Waals surface area contributed by atoms with Gasteiger partial charge < -0.3 is 26.0 Å². The Balaban J connectivity index is 1.53. The van der Waals surface area contributed by atoms with Gasteiger partial charge in [0, 0.05) is 23.4 Å². The fourth-order valence-electron chi connectivity index (χ4n) is 3.71. The van der Waals surface area contributed by atoms with E-state index in [1.807, 2.05) is 0 Å². The Morgan fingerprint density at radius 3 is 2.08 bits per heavy atom. The van der Waals surface area contributed by atoms with Crippen molar-refractivity contribution in [2.24, 2.45) is 0 Å². The molecule has 0 saturated carbocycles. The van der Waals surface area contributed by atoms with Crippen LogP contribution in [0.4, 0.5) is 24.5 Å². The average molecular weight is 543 g/mol. The second-order valence-corrected chi connectivity index (χ2v) is 8.89. The lowest BCUT2D eigenvalue weighted by Gasteiger charge is -2.09. The fourth-order valence-corrected chi connectivity index (χ4v) is 3.71. The van der Waals surface area contributed by atoms with Crippen molar-refractivity contribution < 1.29 is 37.3 Å². The normalized spacial score (nSPS) is 11.7. The Bertz CT molecular complexity index is 1280. The largest absolute Gasteiger partial charge is 0.494 e. The van der Waals surface area contributed by atoms with Crippen LogP contribution in [0, 0.1) is 0 Å². The zero-order valence-electron chi connectivity index (χ0n) is 21.0. The van der Waals surface area contributed by atoms with Gasteiger partial charge >= 0.3 is 18.1 Å². The van der Waals surface area contributed by atoms with Crippen LogP contribution in [0.5, 0.6) is 11.5 Å². The van der Waals surface area contributed by atoms with E-state index in [9.17, 15) is 27.9 Å². The first-order chi connectivity index (χ1) is 18.5. The third-order valence-corrected chi connectivity index (χ3v) is 5.64. The number of halogens is 3. The van der Waals surface area contributed by atoms with Crippen molar-refractivity contribution >= 4 is 29.4 Å². The summed E-state index contributed by atoms with van der Waals surface area (Å²) in [5.74, 6) is -0.941. The van der Waals surface area contributed by atoms with E-state index >= 15 is 0 Å². The number of ether oxygens (including phenoxy) is 2. The number of carboxylic acids is 1. The molecule has 0 heterocycles. The number of carbonyl (C=O) groups excluding carboxylic acids is 1. The van der Waals surface area contributed by atoms with Crippen molar-refractivity contribution in [1.82, 2.24) is 0 Å². The van der Waals surface area contributed by atoms with Crippen LogP contribution >= 0.6 is 0 Å². The Labute approximate surface area is 223 Å². The minimum absolute atomic E-state index is 0.00973. The first-order valence-electron chi connectivity index (χ1n) is 12.2. The van der Waals surface area contributed by atoms with Crippen LogP contribution in [-0.2, 0) is 11.2 Å². The van der Waals surface area contributed by atoms with E-state index in [2.05, 4.69) is 0 Å². The van der Waals surface area contributed by atoms with E-state index in [-0.39, 0.29) is 42.8 Å². The SMILES string of the molecule is Nc1cc(N)cc(CC/C(=C\c2ccc(C(=O)Oc3ccc(OCCCCC(F)(F)F)cc3)cc2)C(=O)O)c1. The summed E-state index contributed by atoms with van der Waals surface area (Å²) in [6.07, 6.45) is -2.51. The van der Waals surface area contributed by atoms with E-state index in [0.717, 1.165) is 5.56 Å². The molecule has 5 N–H and O–H groups in total. The predicted molar refractivity (Wildman–Crippen MR) is 142 cm³/mol. The van der Waals surface area contributed by atoms with Crippen LogP contribution < -0.4 is 20.9 Å². The Kier molecular flexibility index (Phi) is 9.97. The van der Waals surface area contributed by atoms with Gasteiger partial charge in [0.05, 0.1) is 12.2 Å². The number of rotatable bonds is 12. The summed E-state index contributed by atoms with van der Waals surface area (Å²) >= 11 is 0. The summed E-state index contributed by atoms with van der Waals surface area (Å²) in [7, 11) is 0. The number of unbranched alkanes of at least 4 members (excludes halogenated alkanes) is 1. The first-order valence-corrected chi connectivity index (χ1v) is 12.2. The van der Waals surface area contributed by atoms with Gasteiger partial charge in [-0.15, -0.1) is 0 Å². The highest BCUT2D eigenvalue weighted by atomic mass is 19.4. The summed E-state index contributed by atoms with van der Waals surface area (Å²) in [5.41, 5.74) is 14.5. The van der Waals surface area contributed by atoms with Crippen molar-refractivity contribution in [3.05, 3.63) is 89.0 Å². The number of alkyl halides is 3. The molecular formula is C29H29F3N2O5. The second-order valence-electron chi connectivity index (χ2n) is 8.89. The van der Waals surface area contributed by atoms with Gasteiger partial charge in [-0.1, -0.05) is 12.1 Å². The van der Waals surface area contributed by atoms with Gasteiger partial charge in [0.1, 0.15) is 11.5 Å². The van der Waals surface area contributed by atoms with E-state index in [1.54, 1.807) is 42.5 Å². The number of anilines is 2. The monoisotopic (exact) mass is 542 g/mol. The Morgan fingerprint density at radius 2 is 1.49 bits per heavy atom. The van der Waals surface area contributed by atoms with E-state index in [0.29, 0.717) is 29.1 Å². The molecule has 206 valence electrons. The summed E-state index contributed by atoms with van der Waals surface area (Å²) < 4.78 is 47.3. The quantitative estimate of drug-likeness (QED) is 0.0808. The molecule has 0 atom stereocenters. The van der Waals surface area contributed by atoms with Crippen molar-refractivity contribution in [2.75, 3.05) is 18.1 Å². The molecule has 3 aromatic rings. The summed E-state index contributed by atoms with van der Waals surface area (Å²) in [4.78, 5) is 24.2. The molecule has 0 bridgehead atoms. The first kappa shape index (κ1) is 29.1. The molecule has 0 spiro atoms. The van der Waals surface area contributed by atoms with Crippen LogP contribution in [0.1, 0.15) is 47.2 Å². The highest BCUT2D eigenvalue weighted by molar-refractivity contribution is 5.93. The Morgan fingerprint density at radius 1 is 0.872 bits per heavy atom. The number of aliphatic carboxylic acids is 1. The zero-order chi connectivity index (χ0) is 28.4. The maximum atomic E-state index is 12.5.